The first-order valence-electron chi connectivity index (χ1n) is 13.2. The van der Waals surface area contributed by atoms with Crippen molar-refractivity contribution in [2.75, 3.05) is 11.5 Å². The van der Waals surface area contributed by atoms with Gasteiger partial charge in [0.1, 0.15) is 6.61 Å². The van der Waals surface area contributed by atoms with E-state index in [1.807, 2.05) is 76.2 Å². The first-order valence-corrected chi connectivity index (χ1v) is 13.2. The lowest BCUT2D eigenvalue weighted by Gasteiger charge is -2.10. The molecule has 0 heterocycles. The van der Waals surface area contributed by atoms with Gasteiger partial charge in [-0.3, -0.25) is 0 Å². The monoisotopic (exact) mass is 556 g/mol. The molecule has 0 radical (unpaired) electrons. The maximum atomic E-state index is 12.1. The van der Waals surface area contributed by atoms with E-state index < -0.39 is 5.97 Å². The average Bonchev–Trinajstić information content (AvgIpc) is 2.93. The maximum Gasteiger partial charge on any atom is 0.338 e. The van der Waals surface area contributed by atoms with Gasteiger partial charge in [0, 0.05) is 11.4 Å². The van der Waals surface area contributed by atoms with Crippen LogP contribution in [0.5, 0.6) is 0 Å². The van der Waals surface area contributed by atoms with E-state index >= 15 is 0 Å². The molecule has 7 heteroatoms. The number of ether oxygens (including phenoxy) is 1. The topological polar surface area (TPSA) is 136 Å². The van der Waals surface area contributed by atoms with Gasteiger partial charge in [-0.2, -0.15) is 0 Å². The number of hydrogen-bond acceptors (Lipinski definition) is 6. The van der Waals surface area contributed by atoms with E-state index in [1.54, 1.807) is 38.1 Å². The van der Waals surface area contributed by atoms with Crippen LogP contribution >= 0.6 is 0 Å². The van der Waals surface area contributed by atoms with Crippen LogP contribution < -0.4 is 11.5 Å². The van der Waals surface area contributed by atoms with Crippen LogP contribution in [0.25, 0.3) is 0 Å². The van der Waals surface area contributed by atoms with Crippen molar-refractivity contribution in [1.82, 2.24) is 0 Å². The molecule has 0 saturated carbocycles. The van der Waals surface area contributed by atoms with Gasteiger partial charge in [-0.25, -0.2) is 9.59 Å². The molecule has 0 bridgehead atoms. The summed E-state index contributed by atoms with van der Waals surface area (Å²) in [7, 11) is 0. The molecule has 41 heavy (non-hydrogen) atoms. The van der Waals surface area contributed by atoms with Gasteiger partial charge >= 0.3 is 11.9 Å². The van der Waals surface area contributed by atoms with Crippen LogP contribution in [0.4, 0.5) is 11.4 Å². The molecule has 0 unspecified atom stereocenters. The van der Waals surface area contributed by atoms with Crippen molar-refractivity contribution in [2.24, 2.45) is 0 Å². The summed E-state index contributed by atoms with van der Waals surface area (Å²) in [5.41, 5.74) is 21.2. The number of aromatic carboxylic acids is 1. The smallest absolute Gasteiger partial charge is 0.338 e. The molecule has 0 fully saturated rings. The van der Waals surface area contributed by atoms with E-state index in [-0.39, 0.29) is 19.2 Å². The number of rotatable bonds is 5. The van der Waals surface area contributed by atoms with Crippen LogP contribution in [0, 0.1) is 41.5 Å². The second-order valence-corrected chi connectivity index (χ2v) is 10.1. The largest absolute Gasteiger partial charge is 0.478 e. The fourth-order valence-corrected chi connectivity index (χ4v) is 3.73. The lowest BCUT2D eigenvalue weighted by Crippen LogP contribution is -2.08. The van der Waals surface area contributed by atoms with Gasteiger partial charge in [-0.15, -0.1) is 0 Å². The number of hydrogen-bond donors (Lipinski definition) is 4. The third-order valence-electron chi connectivity index (χ3n) is 6.47. The molecular formula is C34H40N2O5. The minimum absolute atomic E-state index is 0.139. The highest BCUT2D eigenvalue weighted by molar-refractivity contribution is 5.92. The molecular weight excluding hydrogens is 516 g/mol. The van der Waals surface area contributed by atoms with E-state index in [9.17, 15) is 9.59 Å². The third kappa shape index (κ3) is 10.1. The first kappa shape index (κ1) is 32.6. The Morgan fingerprint density at radius 3 is 1.49 bits per heavy atom. The summed E-state index contributed by atoms with van der Waals surface area (Å²) >= 11 is 0. The summed E-state index contributed by atoms with van der Waals surface area (Å²) in [5, 5.41) is 17.4. The maximum absolute atomic E-state index is 12.1. The van der Waals surface area contributed by atoms with Gasteiger partial charge in [0.25, 0.3) is 0 Å². The quantitative estimate of drug-likeness (QED) is 0.160. The first-order chi connectivity index (χ1) is 19.3. The Morgan fingerprint density at radius 2 is 1.05 bits per heavy atom. The number of carboxylic acids is 1. The Labute approximate surface area is 242 Å². The molecule has 0 aliphatic carbocycles. The predicted molar refractivity (Wildman–Crippen MR) is 165 cm³/mol. The van der Waals surface area contributed by atoms with Gasteiger partial charge in [0.2, 0.25) is 0 Å². The molecule has 216 valence electrons. The van der Waals surface area contributed by atoms with Gasteiger partial charge in [-0.1, -0.05) is 59.7 Å². The fourth-order valence-electron chi connectivity index (χ4n) is 3.73. The fraction of sp³-hybridized carbons (Fsp3) is 0.235. The molecule has 0 spiro atoms. The number of nitrogens with two attached hydrogens (primary N) is 2. The standard InChI is InChI=1S/C17H19NO2.C9H11NO2.C8H10O/c1-11-4-6-14(7-5-11)10-20-17(19)15-8-13(3)16(18)9-12(15)2;1-5-4-8(10)6(2)3-7(5)9(11)12;1-7-2-4-8(6-9)5-3-7/h4-9H,10,18H2,1-3H3;3-4H,10H2,1-2H3,(H,11,12);2-5,9H,6H2,1H3. The Bertz CT molecular complexity index is 1480. The number of aryl methyl sites for hydroxylation is 6. The van der Waals surface area contributed by atoms with Gasteiger partial charge in [0.15, 0.2) is 0 Å². The average molecular weight is 557 g/mol. The SMILES string of the molecule is Cc1cc(C(=O)O)c(C)cc1N.Cc1ccc(CO)cc1.Cc1ccc(COC(=O)c2cc(C)c(N)cc2C)cc1. The number of carboxylic acid groups (broad SMARTS) is 1. The summed E-state index contributed by atoms with van der Waals surface area (Å²) in [4.78, 5) is 22.8. The third-order valence-corrected chi connectivity index (χ3v) is 6.47. The summed E-state index contributed by atoms with van der Waals surface area (Å²) in [6.45, 7) is 11.7. The van der Waals surface area contributed by atoms with E-state index in [0.29, 0.717) is 28.1 Å². The number of aliphatic hydroxyl groups excluding tert-OH is 1. The zero-order valence-electron chi connectivity index (χ0n) is 24.6. The predicted octanol–water partition coefficient (Wildman–Crippen LogP) is 6.62. The summed E-state index contributed by atoms with van der Waals surface area (Å²) in [6, 6.07) is 22.6. The number of benzene rings is 4. The summed E-state index contributed by atoms with van der Waals surface area (Å²) in [6.07, 6.45) is 0. The van der Waals surface area contributed by atoms with Gasteiger partial charge in [0.05, 0.1) is 17.7 Å². The lowest BCUT2D eigenvalue weighted by molar-refractivity contribution is 0.0471. The second-order valence-electron chi connectivity index (χ2n) is 10.1. The van der Waals surface area contributed by atoms with Crippen molar-refractivity contribution in [2.45, 2.75) is 54.8 Å². The number of anilines is 2. The Kier molecular flexibility index (Phi) is 12.1. The molecule has 4 aromatic rings. The van der Waals surface area contributed by atoms with Crippen molar-refractivity contribution in [3.05, 3.63) is 128 Å². The highest BCUT2D eigenvalue weighted by atomic mass is 16.5. The van der Waals surface area contributed by atoms with Crippen LogP contribution in [-0.4, -0.2) is 22.2 Å². The van der Waals surface area contributed by atoms with E-state index in [2.05, 4.69) is 0 Å². The second kappa shape index (κ2) is 15.2. The molecule has 4 aromatic carbocycles. The molecule has 6 N–H and O–H groups in total. The molecule has 4 rings (SSSR count). The van der Waals surface area contributed by atoms with Crippen molar-refractivity contribution in [1.29, 1.82) is 0 Å². The summed E-state index contributed by atoms with van der Waals surface area (Å²) < 4.78 is 5.35. The Morgan fingerprint density at radius 1 is 0.634 bits per heavy atom. The highest BCUT2D eigenvalue weighted by Gasteiger charge is 2.12. The molecule has 0 atom stereocenters. The van der Waals surface area contributed by atoms with Crippen LogP contribution in [0.2, 0.25) is 0 Å². The molecule has 0 aliphatic heterocycles. The number of carbonyl (C=O) groups excluding carboxylic acids is 1. The lowest BCUT2D eigenvalue weighted by atomic mass is 10.0. The number of carbonyl (C=O) groups is 2. The normalized spacial score (nSPS) is 10.0. The van der Waals surface area contributed by atoms with Crippen molar-refractivity contribution in [3.63, 3.8) is 0 Å². The van der Waals surface area contributed by atoms with Crippen molar-refractivity contribution in [3.8, 4) is 0 Å². The van der Waals surface area contributed by atoms with Crippen LogP contribution in [0.1, 0.15) is 65.2 Å². The number of nitrogen functional groups attached to an aromatic ring is 2. The zero-order valence-corrected chi connectivity index (χ0v) is 24.6. The van der Waals surface area contributed by atoms with Gasteiger partial charge in [-0.05, 0) is 99.2 Å². The van der Waals surface area contributed by atoms with E-state index in [1.165, 1.54) is 11.1 Å². The van der Waals surface area contributed by atoms with Crippen molar-refractivity contribution >= 4 is 23.3 Å². The van der Waals surface area contributed by atoms with Crippen LogP contribution in [0.15, 0.2) is 72.8 Å². The van der Waals surface area contributed by atoms with Crippen LogP contribution in [0.3, 0.4) is 0 Å². The molecule has 0 amide bonds. The minimum atomic E-state index is -0.907. The van der Waals surface area contributed by atoms with Gasteiger partial charge < -0.3 is 26.4 Å². The Balaban J connectivity index is 0.000000237. The molecule has 0 aliphatic rings. The zero-order chi connectivity index (χ0) is 30.7. The van der Waals surface area contributed by atoms with Crippen LogP contribution in [-0.2, 0) is 18.0 Å². The molecule has 0 saturated heterocycles. The van der Waals surface area contributed by atoms with E-state index in [4.69, 9.17) is 26.4 Å². The minimum Gasteiger partial charge on any atom is -0.478 e. The highest BCUT2D eigenvalue weighted by Crippen LogP contribution is 2.19. The van der Waals surface area contributed by atoms with E-state index in [0.717, 1.165) is 27.8 Å². The molecule has 7 nitrogen and oxygen atoms in total. The summed E-state index contributed by atoms with van der Waals surface area (Å²) in [5.74, 6) is -1.22. The van der Waals surface area contributed by atoms with Crippen molar-refractivity contribution < 1.29 is 24.5 Å². The molecule has 0 aromatic heterocycles. The number of aliphatic hydroxyl groups is 1. The number of esters is 1. The Hall–Kier alpha value is -4.62.